The van der Waals surface area contributed by atoms with Crippen LogP contribution in [0.3, 0.4) is 0 Å². The first-order valence-corrected chi connectivity index (χ1v) is 10.5. The van der Waals surface area contributed by atoms with Gasteiger partial charge in [-0.25, -0.2) is 8.78 Å². The van der Waals surface area contributed by atoms with Crippen molar-refractivity contribution >= 4 is 27.6 Å². The van der Waals surface area contributed by atoms with E-state index in [9.17, 15) is 23.5 Å². The van der Waals surface area contributed by atoms with Crippen LogP contribution in [0.25, 0.3) is 32.8 Å². The highest BCUT2D eigenvalue weighted by atomic mass is 19.2. The van der Waals surface area contributed by atoms with Crippen LogP contribution in [0, 0.1) is 17.6 Å². The quantitative estimate of drug-likeness (QED) is 0.471. The predicted molar refractivity (Wildman–Crippen MR) is 117 cm³/mol. The van der Waals surface area contributed by atoms with Crippen LogP contribution in [0.1, 0.15) is 44.3 Å². The first-order chi connectivity index (χ1) is 15.3. The number of aromatic nitrogens is 3. The maximum Gasteiger partial charge on any atom is 0.308 e. The van der Waals surface area contributed by atoms with Gasteiger partial charge in [0.25, 0.3) is 5.56 Å². The molecule has 2 aromatic heterocycles. The number of rotatable bonds is 4. The second kappa shape index (κ2) is 7.25. The lowest BCUT2D eigenvalue weighted by atomic mass is 9.78. The molecule has 0 unspecified atom stereocenters. The van der Waals surface area contributed by atoms with Crippen molar-refractivity contribution in [1.82, 2.24) is 14.8 Å². The Hall–Kier alpha value is -3.55. The molecule has 2 heterocycles. The second-order valence-corrected chi connectivity index (χ2v) is 8.66. The Morgan fingerprint density at radius 2 is 1.94 bits per heavy atom. The standard InChI is InChI=1S/C24H21F2N3O3/c1-11(2)22-21(12-3-5-17(25)18(26)8-12)15-7-13-10-27-28-19(13)9-16(15)23(30)29(22)20-6-4-14(20)24(31)32/h3,5,7-11,14,20H,4,6H2,1-2H3,(H,27,28)(H,31,32)/t14-,20+/m0/s1. The van der Waals surface area contributed by atoms with Crippen molar-refractivity contribution in [3.63, 3.8) is 0 Å². The monoisotopic (exact) mass is 437 g/mol. The van der Waals surface area contributed by atoms with Crippen molar-refractivity contribution in [2.75, 3.05) is 0 Å². The van der Waals surface area contributed by atoms with E-state index in [1.807, 2.05) is 19.9 Å². The summed E-state index contributed by atoms with van der Waals surface area (Å²) >= 11 is 0. The van der Waals surface area contributed by atoms with E-state index in [1.54, 1.807) is 16.8 Å². The molecule has 2 aromatic carbocycles. The number of fused-ring (bicyclic) bond motifs is 2. The molecule has 1 aliphatic carbocycles. The molecular weight excluding hydrogens is 416 g/mol. The number of pyridine rings is 1. The van der Waals surface area contributed by atoms with E-state index >= 15 is 0 Å². The van der Waals surface area contributed by atoms with Gasteiger partial charge in [0.15, 0.2) is 11.6 Å². The molecule has 2 N–H and O–H groups in total. The van der Waals surface area contributed by atoms with Crippen LogP contribution in [-0.4, -0.2) is 25.8 Å². The number of carboxylic acid groups (broad SMARTS) is 1. The normalized spacial score (nSPS) is 18.4. The molecule has 164 valence electrons. The topological polar surface area (TPSA) is 88.0 Å². The maximum absolute atomic E-state index is 14.2. The summed E-state index contributed by atoms with van der Waals surface area (Å²) in [7, 11) is 0. The predicted octanol–water partition coefficient (Wildman–Crippen LogP) is 4.98. The third-order valence-corrected chi connectivity index (χ3v) is 6.45. The van der Waals surface area contributed by atoms with Gasteiger partial charge < -0.3 is 9.67 Å². The van der Waals surface area contributed by atoms with E-state index in [0.29, 0.717) is 46.0 Å². The third kappa shape index (κ3) is 2.93. The minimum atomic E-state index is -0.987. The first kappa shape index (κ1) is 20.4. The van der Waals surface area contributed by atoms with Crippen molar-refractivity contribution in [1.29, 1.82) is 0 Å². The molecule has 4 aromatic rings. The lowest BCUT2D eigenvalue weighted by Crippen LogP contribution is -2.41. The number of nitrogens with zero attached hydrogens (tertiary/aromatic N) is 2. The molecule has 5 rings (SSSR count). The summed E-state index contributed by atoms with van der Waals surface area (Å²) in [4.78, 5) is 25.5. The first-order valence-electron chi connectivity index (χ1n) is 10.5. The van der Waals surface area contributed by atoms with Gasteiger partial charge in [-0.05, 0) is 54.0 Å². The van der Waals surface area contributed by atoms with Gasteiger partial charge >= 0.3 is 5.97 Å². The van der Waals surface area contributed by atoms with Crippen molar-refractivity contribution in [3.05, 3.63) is 64.2 Å². The van der Waals surface area contributed by atoms with Crippen LogP contribution < -0.4 is 5.56 Å². The molecule has 0 aliphatic heterocycles. The van der Waals surface area contributed by atoms with E-state index < -0.39 is 29.6 Å². The molecular formula is C24H21F2N3O3. The van der Waals surface area contributed by atoms with Crippen LogP contribution in [0.2, 0.25) is 0 Å². The van der Waals surface area contributed by atoms with Gasteiger partial charge in [-0.2, -0.15) is 5.10 Å². The molecule has 6 nitrogen and oxygen atoms in total. The van der Waals surface area contributed by atoms with Gasteiger partial charge in [0, 0.05) is 22.0 Å². The Morgan fingerprint density at radius 3 is 2.56 bits per heavy atom. The fourth-order valence-electron chi connectivity index (χ4n) is 4.80. The minimum Gasteiger partial charge on any atom is -0.481 e. The number of carbonyl (C=O) groups is 1. The zero-order valence-electron chi connectivity index (χ0n) is 17.5. The van der Waals surface area contributed by atoms with E-state index in [4.69, 9.17) is 0 Å². The second-order valence-electron chi connectivity index (χ2n) is 8.66. The molecule has 0 amide bonds. The maximum atomic E-state index is 14.2. The molecule has 8 heteroatoms. The highest BCUT2D eigenvalue weighted by Gasteiger charge is 2.40. The molecule has 0 bridgehead atoms. The van der Waals surface area contributed by atoms with Gasteiger partial charge in [-0.15, -0.1) is 0 Å². The summed E-state index contributed by atoms with van der Waals surface area (Å²) in [6.07, 6.45) is 2.69. The summed E-state index contributed by atoms with van der Waals surface area (Å²) in [5, 5.41) is 18.3. The highest BCUT2D eigenvalue weighted by molar-refractivity contribution is 6.04. The minimum absolute atomic E-state index is 0.176. The summed E-state index contributed by atoms with van der Waals surface area (Å²) in [6.45, 7) is 3.82. The smallest absolute Gasteiger partial charge is 0.308 e. The summed E-state index contributed by atoms with van der Waals surface area (Å²) < 4.78 is 29.5. The van der Waals surface area contributed by atoms with Gasteiger partial charge in [0.1, 0.15) is 0 Å². The average Bonchev–Trinajstić information content (AvgIpc) is 3.16. The third-order valence-electron chi connectivity index (χ3n) is 6.45. The Balaban J connectivity index is 1.95. The molecule has 0 radical (unpaired) electrons. The summed E-state index contributed by atoms with van der Waals surface area (Å²) in [5.74, 6) is -3.73. The van der Waals surface area contributed by atoms with Crippen LogP contribution in [0.4, 0.5) is 8.78 Å². The molecule has 0 spiro atoms. The number of nitrogens with one attached hydrogen (secondary N) is 1. The van der Waals surface area contributed by atoms with E-state index in [2.05, 4.69) is 10.2 Å². The summed E-state index contributed by atoms with van der Waals surface area (Å²) in [6, 6.07) is 6.69. The average molecular weight is 437 g/mol. The van der Waals surface area contributed by atoms with Crippen molar-refractivity contribution in [2.45, 2.75) is 38.6 Å². The van der Waals surface area contributed by atoms with Crippen LogP contribution in [0.15, 0.2) is 41.3 Å². The van der Waals surface area contributed by atoms with Gasteiger partial charge in [-0.3, -0.25) is 14.7 Å². The molecule has 1 saturated carbocycles. The molecule has 32 heavy (non-hydrogen) atoms. The van der Waals surface area contributed by atoms with Crippen molar-refractivity contribution < 1.29 is 18.7 Å². The fraction of sp³-hybridized carbons (Fsp3) is 0.292. The Morgan fingerprint density at radius 1 is 1.16 bits per heavy atom. The van der Waals surface area contributed by atoms with Crippen molar-refractivity contribution in [2.24, 2.45) is 5.92 Å². The Kier molecular flexibility index (Phi) is 4.62. The number of hydrogen-bond donors (Lipinski definition) is 2. The molecule has 1 fully saturated rings. The van der Waals surface area contributed by atoms with Gasteiger partial charge in [0.2, 0.25) is 0 Å². The van der Waals surface area contributed by atoms with E-state index in [-0.39, 0.29) is 11.5 Å². The number of H-pyrrole nitrogens is 1. The largest absolute Gasteiger partial charge is 0.481 e. The molecule has 1 aliphatic rings. The highest BCUT2D eigenvalue weighted by Crippen LogP contribution is 2.43. The molecule has 0 saturated heterocycles. The zero-order chi connectivity index (χ0) is 22.7. The Labute approximate surface area is 181 Å². The number of benzene rings is 2. The van der Waals surface area contributed by atoms with Crippen LogP contribution >= 0.6 is 0 Å². The zero-order valence-corrected chi connectivity index (χ0v) is 17.5. The van der Waals surface area contributed by atoms with E-state index in [0.717, 1.165) is 17.5 Å². The van der Waals surface area contributed by atoms with Crippen molar-refractivity contribution in [3.8, 4) is 11.1 Å². The van der Waals surface area contributed by atoms with Gasteiger partial charge in [-0.1, -0.05) is 19.9 Å². The Bertz CT molecular complexity index is 1450. The fourth-order valence-corrected chi connectivity index (χ4v) is 4.80. The van der Waals surface area contributed by atoms with Gasteiger partial charge in [0.05, 0.1) is 23.7 Å². The SMILES string of the molecule is CC(C)c1c(-c2ccc(F)c(F)c2)c2cc3cn[nH]c3cc2c(=O)n1[C@@H]1CC[C@@H]1C(=O)O. The lowest BCUT2D eigenvalue weighted by Gasteiger charge is -2.38. The number of hydrogen-bond acceptors (Lipinski definition) is 3. The number of halogens is 2. The van der Waals surface area contributed by atoms with Crippen LogP contribution in [0.5, 0.6) is 0 Å². The number of carboxylic acids is 1. The van der Waals surface area contributed by atoms with E-state index in [1.165, 1.54) is 6.07 Å². The molecule has 2 atom stereocenters. The summed E-state index contributed by atoms with van der Waals surface area (Å²) in [5.41, 5.74) is 2.03. The van der Waals surface area contributed by atoms with Crippen LogP contribution in [-0.2, 0) is 4.79 Å². The lowest BCUT2D eigenvalue weighted by molar-refractivity contribution is -0.147. The number of aliphatic carboxylic acids is 1. The number of aromatic amines is 1.